The van der Waals surface area contributed by atoms with Crippen LogP contribution in [0.4, 0.5) is 5.69 Å². The molecule has 0 atom stereocenters. The lowest BCUT2D eigenvalue weighted by Crippen LogP contribution is -2.12. The van der Waals surface area contributed by atoms with Crippen LogP contribution in [0.2, 0.25) is 0 Å². The lowest BCUT2D eigenvalue weighted by atomic mass is 10.1. The molecule has 0 saturated heterocycles. The molecule has 5 heteroatoms. The number of anilines is 1. The highest BCUT2D eigenvalue weighted by Gasteiger charge is 2.09. The van der Waals surface area contributed by atoms with Gasteiger partial charge in [-0.1, -0.05) is 13.3 Å². The quantitative estimate of drug-likeness (QED) is 0.619. The number of nitrogens with one attached hydrogen (secondary N) is 1. The monoisotopic (exact) mass is 327 g/mol. The molecular formula is C19H21NO4. The number of ether oxygens (including phenoxy) is 2. The van der Waals surface area contributed by atoms with Gasteiger partial charge >= 0.3 is 5.97 Å². The third-order valence-electron chi connectivity index (χ3n) is 3.45. The minimum absolute atomic E-state index is 0.244. The van der Waals surface area contributed by atoms with Crippen LogP contribution in [0.1, 0.15) is 40.5 Å². The Bertz CT molecular complexity index is 678. The first-order valence-electron chi connectivity index (χ1n) is 7.86. The zero-order valence-corrected chi connectivity index (χ0v) is 13.9. The first-order valence-corrected chi connectivity index (χ1v) is 7.86. The molecule has 0 aliphatic heterocycles. The maximum absolute atomic E-state index is 12.2. The van der Waals surface area contributed by atoms with Gasteiger partial charge in [0, 0.05) is 11.3 Å². The lowest BCUT2D eigenvalue weighted by Gasteiger charge is -2.08. The number of esters is 1. The third-order valence-corrected chi connectivity index (χ3v) is 3.45. The van der Waals surface area contributed by atoms with E-state index >= 15 is 0 Å². The molecule has 1 amide bonds. The maximum Gasteiger partial charge on any atom is 0.337 e. The van der Waals surface area contributed by atoms with Gasteiger partial charge in [0.1, 0.15) is 5.75 Å². The molecule has 24 heavy (non-hydrogen) atoms. The van der Waals surface area contributed by atoms with Crippen molar-refractivity contribution in [2.75, 3.05) is 19.0 Å². The van der Waals surface area contributed by atoms with E-state index in [0.717, 1.165) is 18.6 Å². The minimum Gasteiger partial charge on any atom is -0.494 e. The smallest absolute Gasteiger partial charge is 0.337 e. The number of hydrogen-bond donors (Lipinski definition) is 1. The number of benzene rings is 2. The van der Waals surface area contributed by atoms with Crippen molar-refractivity contribution < 1.29 is 19.1 Å². The van der Waals surface area contributed by atoms with E-state index in [0.29, 0.717) is 23.4 Å². The van der Waals surface area contributed by atoms with Gasteiger partial charge in [0.05, 0.1) is 19.3 Å². The molecule has 0 bridgehead atoms. The topological polar surface area (TPSA) is 64.6 Å². The number of hydrogen-bond acceptors (Lipinski definition) is 4. The molecule has 2 rings (SSSR count). The van der Waals surface area contributed by atoms with E-state index in [2.05, 4.69) is 17.0 Å². The van der Waals surface area contributed by atoms with Gasteiger partial charge in [-0.15, -0.1) is 0 Å². The number of amides is 1. The molecule has 2 aromatic rings. The van der Waals surface area contributed by atoms with E-state index in [-0.39, 0.29) is 5.91 Å². The molecule has 0 aliphatic rings. The predicted molar refractivity (Wildman–Crippen MR) is 92.6 cm³/mol. The minimum atomic E-state index is -0.430. The summed E-state index contributed by atoms with van der Waals surface area (Å²) in [4.78, 5) is 23.6. The second-order valence-electron chi connectivity index (χ2n) is 5.25. The average Bonchev–Trinajstić information content (AvgIpc) is 2.63. The fraction of sp³-hybridized carbons (Fsp3) is 0.263. The molecule has 5 nitrogen and oxygen atoms in total. The summed E-state index contributed by atoms with van der Waals surface area (Å²) >= 11 is 0. The standard InChI is InChI=1S/C19H21NO4/c1-3-4-13-24-17-11-9-16(10-12-17)20-18(21)14-5-7-15(8-6-14)19(22)23-2/h5-12H,3-4,13H2,1-2H3,(H,20,21). The van der Waals surface area contributed by atoms with Crippen LogP contribution in [0.15, 0.2) is 48.5 Å². The number of carbonyl (C=O) groups is 2. The predicted octanol–water partition coefficient (Wildman–Crippen LogP) is 3.90. The molecule has 0 heterocycles. The van der Waals surface area contributed by atoms with E-state index in [1.54, 1.807) is 36.4 Å². The van der Waals surface area contributed by atoms with Crippen molar-refractivity contribution in [2.24, 2.45) is 0 Å². The first kappa shape index (κ1) is 17.5. The first-order chi connectivity index (χ1) is 11.6. The summed E-state index contributed by atoms with van der Waals surface area (Å²) in [5.41, 5.74) is 1.55. The van der Waals surface area contributed by atoms with Crippen molar-refractivity contribution in [3.63, 3.8) is 0 Å². The molecule has 0 unspecified atom stereocenters. The van der Waals surface area contributed by atoms with E-state index in [1.807, 2.05) is 12.1 Å². The van der Waals surface area contributed by atoms with Crippen molar-refractivity contribution >= 4 is 17.6 Å². The van der Waals surface area contributed by atoms with Crippen LogP contribution in [-0.2, 0) is 4.74 Å². The van der Waals surface area contributed by atoms with Crippen molar-refractivity contribution in [2.45, 2.75) is 19.8 Å². The summed E-state index contributed by atoms with van der Waals surface area (Å²) < 4.78 is 10.2. The third kappa shape index (κ3) is 4.84. The number of carbonyl (C=O) groups excluding carboxylic acids is 2. The number of unbranched alkanes of at least 4 members (excludes halogenated alkanes) is 1. The fourth-order valence-electron chi connectivity index (χ4n) is 2.05. The summed E-state index contributed by atoms with van der Waals surface area (Å²) in [5.74, 6) is 0.107. The van der Waals surface area contributed by atoms with Crippen LogP contribution < -0.4 is 10.1 Å². The van der Waals surface area contributed by atoms with E-state index in [9.17, 15) is 9.59 Å². The Balaban J connectivity index is 1.95. The van der Waals surface area contributed by atoms with Gasteiger partial charge in [-0.05, 0) is 55.0 Å². The largest absolute Gasteiger partial charge is 0.494 e. The van der Waals surface area contributed by atoms with Crippen LogP contribution in [-0.4, -0.2) is 25.6 Å². The Morgan fingerprint density at radius 3 is 2.17 bits per heavy atom. The van der Waals surface area contributed by atoms with Crippen LogP contribution >= 0.6 is 0 Å². The highest BCUT2D eigenvalue weighted by molar-refractivity contribution is 6.04. The fourth-order valence-corrected chi connectivity index (χ4v) is 2.05. The van der Waals surface area contributed by atoms with Gasteiger partial charge in [-0.3, -0.25) is 4.79 Å². The van der Waals surface area contributed by atoms with Gasteiger partial charge in [0.15, 0.2) is 0 Å². The second-order valence-corrected chi connectivity index (χ2v) is 5.25. The summed E-state index contributed by atoms with van der Waals surface area (Å²) in [6, 6.07) is 13.5. The molecule has 0 spiro atoms. The molecule has 0 radical (unpaired) electrons. The Morgan fingerprint density at radius 1 is 0.958 bits per heavy atom. The maximum atomic E-state index is 12.2. The van der Waals surface area contributed by atoms with Gasteiger partial charge in [0.2, 0.25) is 0 Å². The lowest BCUT2D eigenvalue weighted by molar-refractivity contribution is 0.0600. The van der Waals surface area contributed by atoms with Crippen LogP contribution in [0.3, 0.4) is 0 Å². The zero-order chi connectivity index (χ0) is 17.4. The highest BCUT2D eigenvalue weighted by atomic mass is 16.5. The molecule has 1 N–H and O–H groups in total. The Hall–Kier alpha value is -2.82. The Kier molecular flexibility index (Phi) is 6.37. The van der Waals surface area contributed by atoms with Crippen molar-refractivity contribution in [1.82, 2.24) is 0 Å². The summed E-state index contributed by atoms with van der Waals surface area (Å²) in [6.45, 7) is 2.80. The van der Waals surface area contributed by atoms with E-state index < -0.39 is 5.97 Å². The van der Waals surface area contributed by atoms with Gasteiger partial charge in [0.25, 0.3) is 5.91 Å². The molecule has 0 fully saturated rings. The normalized spacial score (nSPS) is 10.1. The SMILES string of the molecule is CCCCOc1ccc(NC(=O)c2ccc(C(=O)OC)cc2)cc1. The molecular weight excluding hydrogens is 306 g/mol. The highest BCUT2D eigenvalue weighted by Crippen LogP contribution is 2.17. The molecule has 0 aromatic heterocycles. The molecule has 0 saturated carbocycles. The summed E-state index contributed by atoms with van der Waals surface area (Å²) in [7, 11) is 1.32. The van der Waals surface area contributed by atoms with Crippen LogP contribution in [0.25, 0.3) is 0 Å². The van der Waals surface area contributed by atoms with Crippen molar-refractivity contribution in [3.8, 4) is 5.75 Å². The zero-order valence-electron chi connectivity index (χ0n) is 13.9. The molecule has 0 aliphatic carbocycles. The van der Waals surface area contributed by atoms with Crippen molar-refractivity contribution in [1.29, 1.82) is 0 Å². The van der Waals surface area contributed by atoms with Gasteiger partial charge in [-0.2, -0.15) is 0 Å². The van der Waals surface area contributed by atoms with Gasteiger partial charge in [-0.25, -0.2) is 4.79 Å². The summed E-state index contributed by atoms with van der Waals surface area (Å²) in [5, 5.41) is 2.80. The van der Waals surface area contributed by atoms with Crippen LogP contribution in [0.5, 0.6) is 5.75 Å². The van der Waals surface area contributed by atoms with E-state index in [4.69, 9.17) is 4.74 Å². The Labute approximate surface area is 141 Å². The second kappa shape index (κ2) is 8.72. The molecule has 126 valence electrons. The van der Waals surface area contributed by atoms with E-state index in [1.165, 1.54) is 7.11 Å². The number of methoxy groups -OCH3 is 1. The van der Waals surface area contributed by atoms with Crippen LogP contribution in [0, 0.1) is 0 Å². The van der Waals surface area contributed by atoms with Crippen molar-refractivity contribution in [3.05, 3.63) is 59.7 Å². The Morgan fingerprint density at radius 2 is 1.58 bits per heavy atom. The van der Waals surface area contributed by atoms with Gasteiger partial charge < -0.3 is 14.8 Å². The summed E-state index contributed by atoms with van der Waals surface area (Å²) in [6.07, 6.45) is 2.10. The number of rotatable bonds is 7. The molecule has 2 aromatic carbocycles. The average molecular weight is 327 g/mol.